The molecule has 1 aliphatic carbocycles. The van der Waals surface area contributed by atoms with Crippen molar-refractivity contribution >= 4 is 0 Å². The molecule has 1 atom stereocenters. The molecule has 1 unspecified atom stereocenters. The van der Waals surface area contributed by atoms with Crippen molar-refractivity contribution in [3.63, 3.8) is 0 Å². The molecule has 0 spiro atoms. The Bertz CT molecular complexity index is 326. The fourth-order valence-electron chi connectivity index (χ4n) is 2.17. The Morgan fingerprint density at radius 3 is 2.87 bits per heavy atom. The first-order chi connectivity index (χ1) is 7.24. The van der Waals surface area contributed by atoms with Gasteiger partial charge in [-0.1, -0.05) is 12.8 Å². The van der Waals surface area contributed by atoms with Crippen LogP contribution in [-0.2, 0) is 6.54 Å². The number of nitrogens with zero attached hydrogens (tertiary/aromatic N) is 2. The third-order valence-corrected chi connectivity index (χ3v) is 3.20. The van der Waals surface area contributed by atoms with Crippen molar-refractivity contribution in [1.29, 1.82) is 0 Å². The van der Waals surface area contributed by atoms with Gasteiger partial charge >= 0.3 is 0 Å². The molecular formula is C12H21N3. The molecule has 1 heterocycles. The van der Waals surface area contributed by atoms with Crippen molar-refractivity contribution in [3.05, 3.63) is 17.5 Å². The van der Waals surface area contributed by atoms with Crippen LogP contribution in [0.1, 0.15) is 43.6 Å². The molecule has 1 aromatic rings. The van der Waals surface area contributed by atoms with Crippen LogP contribution in [0.3, 0.4) is 0 Å². The lowest BCUT2D eigenvalue weighted by Gasteiger charge is -2.16. The van der Waals surface area contributed by atoms with Gasteiger partial charge in [-0.05, 0) is 39.3 Å². The smallest absolute Gasteiger partial charge is 0.0597 e. The fourth-order valence-corrected chi connectivity index (χ4v) is 2.17. The summed E-state index contributed by atoms with van der Waals surface area (Å²) in [5.74, 6) is 0.947. The maximum absolute atomic E-state index is 4.50. The molecule has 1 aliphatic rings. The van der Waals surface area contributed by atoms with Gasteiger partial charge < -0.3 is 5.32 Å². The van der Waals surface area contributed by atoms with Crippen molar-refractivity contribution in [2.24, 2.45) is 5.92 Å². The van der Waals surface area contributed by atoms with Crippen LogP contribution in [0.4, 0.5) is 0 Å². The molecule has 0 bridgehead atoms. The highest BCUT2D eigenvalue weighted by molar-refractivity contribution is 5.13. The number of hydrogen-bond donors (Lipinski definition) is 1. The predicted octanol–water partition coefficient (Wildman–Crippen LogP) is 2.27. The molecule has 15 heavy (non-hydrogen) atoms. The Balaban J connectivity index is 2.15. The van der Waals surface area contributed by atoms with E-state index in [1.54, 1.807) is 0 Å². The van der Waals surface area contributed by atoms with Gasteiger partial charge in [-0.2, -0.15) is 5.10 Å². The lowest BCUT2D eigenvalue weighted by Crippen LogP contribution is -2.20. The van der Waals surface area contributed by atoms with E-state index in [0.29, 0.717) is 6.04 Å². The summed E-state index contributed by atoms with van der Waals surface area (Å²) in [5.41, 5.74) is 2.48. The minimum absolute atomic E-state index is 0.485. The summed E-state index contributed by atoms with van der Waals surface area (Å²) >= 11 is 0. The Kier molecular flexibility index (Phi) is 3.10. The van der Waals surface area contributed by atoms with E-state index in [2.05, 4.69) is 42.1 Å². The molecule has 2 rings (SSSR count). The lowest BCUT2D eigenvalue weighted by atomic mass is 10.1. The fraction of sp³-hybridized carbons (Fsp3) is 0.750. The van der Waals surface area contributed by atoms with E-state index in [1.165, 1.54) is 25.0 Å². The first-order valence-electron chi connectivity index (χ1n) is 5.96. The number of rotatable bonds is 5. The van der Waals surface area contributed by atoms with E-state index in [9.17, 15) is 0 Å². The molecule has 1 aromatic heterocycles. The maximum atomic E-state index is 4.50. The molecule has 0 aliphatic heterocycles. The van der Waals surface area contributed by atoms with Crippen molar-refractivity contribution in [3.8, 4) is 0 Å². The van der Waals surface area contributed by atoms with Crippen molar-refractivity contribution in [2.45, 2.75) is 45.7 Å². The third kappa shape index (κ3) is 2.40. The van der Waals surface area contributed by atoms with E-state index in [0.717, 1.165) is 18.2 Å². The zero-order valence-electron chi connectivity index (χ0n) is 9.95. The van der Waals surface area contributed by atoms with Crippen molar-refractivity contribution in [1.82, 2.24) is 15.1 Å². The van der Waals surface area contributed by atoms with Gasteiger partial charge in [0.1, 0.15) is 0 Å². The van der Waals surface area contributed by atoms with Crippen LogP contribution in [0.5, 0.6) is 0 Å². The van der Waals surface area contributed by atoms with E-state index in [4.69, 9.17) is 0 Å². The molecule has 0 radical (unpaired) electrons. The summed E-state index contributed by atoms with van der Waals surface area (Å²) in [6.07, 6.45) is 4.09. The van der Waals surface area contributed by atoms with Gasteiger partial charge in [-0.25, -0.2) is 0 Å². The van der Waals surface area contributed by atoms with Gasteiger partial charge in [0.2, 0.25) is 0 Å². The van der Waals surface area contributed by atoms with Gasteiger partial charge in [0.05, 0.1) is 11.4 Å². The second-order valence-corrected chi connectivity index (χ2v) is 4.55. The second-order valence-electron chi connectivity index (χ2n) is 4.55. The molecule has 3 nitrogen and oxygen atoms in total. The summed E-state index contributed by atoms with van der Waals surface area (Å²) in [6.45, 7) is 5.19. The Morgan fingerprint density at radius 1 is 1.60 bits per heavy atom. The topological polar surface area (TPSA) is 29.9 Å². The molecule has 3 heteroatoms. The quantitative estimate of drug-likeness (QED) is 0.802. The standard InChI is InChI=1S/C12H21N3/c1-4-15-12(7-9(2)14-15)11(13-3)8-10-5-6-10/h7,10-11,13H,4-6,8H2,1-3H3. The largest absolute Gasteiger partial charge is 0.312 e. The SMILES string of the molecule is CCn1nc(C)cc1C(CC1CC1)NC. The highest BCUT2D eigenvalue weighted by Crippen LogP contribution is 2.37. The molecule has 0 saturated heterocycles. The molecule has 1 fully saturated rings. The first-order valence-corrected chi connectivity index (χ1v) is 5.96. The van der Waals surface area contributed by atoms with Crippen molar-refractivity contribution < 1.29 is 0 Å². The summed E-state index contributed by atoms with van der Waals surface area (Å²) < 4.78 is 2.12. The normalized spacial score (nSPS) is 18.1. The summed E-state index contributed by atoms with van der Waals surface area (Å²) in [6, 6.07) is 2.70. The molecular weight excluding hydrogens is 186 g/mol. The number of aromatic nitrogens is 2. The highest BCUT2D eigenvalue weighted by Gasteiger charge is 2.27. The van der Waals surface area contributed by atoms with E-state index in [-0.39, 0.29) is 0 Å². The average molecular weight is 207 g/mol. The average Bonchev–Trinajstić information content (AvgIpc) is 2.97. The zero-order valence-corrected chi connectivity index (χ0v) is 9.95. The van der Waals surface area contributed by atoms with Crippen LogP contribution in [0.2, 0.25) is 0 Å². The summed E-state index contributed by atoms with van der Waals surface area (Å²) in [7, 11) is 2.05. The monoisotopic (exact) mass is 207 g/mol. The Hall–Kier alpha value is -0.830. The minimum Gasteiger partial charge on any atom is -0.312 e. The van der Waals surface area contributed by atoms with Crippen LogP contribution < -0.4 is 5.32 Å². The number of nitrogens with one attached hydrogen (secondary N) is 1. The maximum Gasteiger partial charge on any atom is 0.0597 e. The van der Waals surface area contributed by atoms with Crippen LogP contribution >= 0.6 is 0 Å². The van der Waals surface area contributed by atoms with Gasteiger partial charge in [-0.3, -0.25) is 4.68 Å². The third-order valence-electron chi connectivity index (χ3n) is 3.20. The Morgan fingerprint density at radius 2 is 2.33 bits per heavy atom. The van der Waals surface area contributed by atoms with Gasteiger partial charge in [0, 0.05) is 12.6 Å². The molecule has 1 N–H and O–H groups in total. The summed E-state index contributed by atoms with van der Waals surface area (Å²) in [4.78, 5) is 0. The number of aryl methyl sites for hydroxylation is 2. The lowest BCUT2D eigenvalue weighted by molar-refractivity contribution is 0.466. The van der Waals surface area contributed by atoms with Gasteiger partial charge in [0.25, 0.3) is 0 Å². The Labute approximate surface area is 91.9 Å². The zero-order chi connectivity index (χ0) is 10.8. The van der Waals surface area contributed by atoms with Crippen LogP contribution in [0, 0.1) is 12.8 Å². The molecule has 1 saturated carbocycles. The highest BCUT2D eigenvalue weighted by atomic mass is 15.3. The van der Waals surface area contributed by atoms with Gasteiger partial charge in [0.15, 0.2) is 0 Å². The predicted molar refractivity (Wildman–Crippen MR) is 61.8 cm³/mol. The summed E-state index contributed by atoms with van der Waals surface area (Å²) in [5, 5.41) is 7.92. The van der Waals surface area contributed by atoms with Crippen LogP contribution in [0.25, 0.3) is 0 Å². The second kappa shape index (κ2) is 4.35. The first kappa shape index (κ1) is 10.7. The molecule has 84 valence electrons. The van der Waals surface area contributed by atoms with Gasteiger partial charge in [-0.15, -0.1) is 0 Å². The van der Waals surface area contributed by atoms with E-state index < -0.39 is 0 Å². The molecule has 0 amide bonds. The van der Waals surface area contributed by atoms with E-state index in [1.807, 2.05) is 0 Å². The van der Waals surface area contributed by atoms with Crippen LogP contribution in [-0.4, -0.2) is 16.8 Å². The molecule has 0 aromatic carbocycles. The number of hydrogen-bond acceptors (Lipinski definition) is 2. The van der Waals surface area contributed by atoms with Crippen LogP contribution in [0.15, 0.2) is 6.07 Å². The minimum atomic E-state index is 0.485. The van der Waals surface area contributed by atoms with E-state index >= 15 is 0 Å². The van der Waals surface area contributed by atoms with Crippen molar-refractivity contribution in [2.75, 3.05) is 7.05 Å².